The highest BCUT2D eigenvalue weighted by Gasteiger charge is 2.43. The van der Waals surface area contributed by atoms with Gasteiger partial charge in [0.2, 0.25) is 0 Å². The second-order valence-corrected chi connectivity index (χ2v) is 21.0. The van der Waals surface area contributed by atoms with Crippen LogP contribution in [0.1, 0.15) is 142 Å². The summed E-state index contributed by atoms with van der Waals surface area (Å²) in [6, 6.07) is 50.5. The molecule has 8 aromatic carbocycles. The lowest BCUT2D eigenvalue weighted by Crippen LogP contribution is -2.26. The molecule has 1 nitrogen and oxygen atoms in total. The second-order valence-electron chi connectivity index (χ2n) is 21.0. The number of hydrogen-bond acceptors (Lipinski definition) is 0. The summed E-state index contributed by atoms with van der Waals surface area (Å²) in [6.45, 7) is 18.7. The van der Waals surface area contributed by atoms with Crippen molar-refractivity contribution >= 4 is 54.1 Å². The van der Waals surface area contributed by atoms with Crippen molar-refractivity contribution in [3.63, 3.8) is 0 Å². The fourth-order valence-electron chi connectivity index (χ4n) is 11.4. The van der Waals surface area contributed by atoms with E-state index >= 15 is 0 Å². The first-order valence-corrected chi connectivity index (χ1v) is 24.0. The highest BCUT2D eigenvalue weighted by molar-refractivity contribution is 6.25. The molecule has 0 radical (unpaired) electrons. The second kappa shape index (κ2) is 15.4. The molecule has 314 valence electrons. The molecule has 10 rings (SSSR count). The Kier molecular flexibility index (Phi) is 10.1. The lowest BCUT2D eigenvalue weighted by atomic mass is 9.70. The Labute approximate surface area is 370 Å². The summed E-state index contributed by atoms with van der Waals surface area (Å²) in [4.78, 5) is 0. The van der Waals surface area contributed by atoms with Crippen LogP contribution in [0.5, 0.6) is 0 Å². The van der Waals surface area contributed by atoms with Crippen molar-refractivity contribution in [1.29, 1.82) is 0 Å². The molecule has 1 heteroatoms. The van der Waals surface area contributed by atoms with Gasteiger partial charge in [-0.15, -0.1) is 0 Å². The number of unbranched alkanes of at least 4 members (excludes halogenated alkanes) is 6. The Morgan fingerprint density at radius 3 is 1.53 bits per heavy atom. The van der Waals surface area contributed by atoms with E-state index in [2.05, 4.69) is 187 Å². The predicted octanol–water partition coefficient (Wildman–Crippen LogP) is 18.2. The van der Waals surface area contributed by atoms with Gasteiger partial charge in [-0.25, -0.2) is 0 Å². The minimum absolute atomic E-state index is 0.0560. The molecule has 0 saturated heterocycles. The van der Waals surface area contributed by atoms with Gasteiger partial charge in [-0.2, -0.15) is 0 Å². The van der Waals surface area contributed by atoms with E-state index in [1.165, 1.54) is 163 Å². The van der Waals surface area contributed by atoms with Crippen molar-refractivity contribution in [2.45, 2.75) is 136 Å². The first kappa shape index (κ1) is 40.7. The van der Waals surface area contributed by atoms with Crippen LogP contribution in [0.25, 0.3) is 82.1 Å². The molecule has 0 spiro atoms. The van der Waals surface area contributed by atoms with Gasteiger partial charge in [0.25, 0.3) is 0 Å². The molecule has 62 heavy (non-hydrogen) atoms. The SMILES string of the molecule is CCCCCCC1(CCCCCC)c2cc(-c3ccc4ccc5cccc6ccc3c4c56)ccc2-c2ccc(-n3c4ccc(C(C)(C)C)cc4c4cc(C(C)(C)C)ccc43)cc21. The summed E-state index contributed by atoms with van der Waals surface area (Å²) < 4.78 is 2.59. The maximum atomic E-state index is 2.64. The predicted molar refractivity (Wildman–Crippen MR) is 271 cm³/mol. The van der Waals surface area contributed by atoms with Gasteiger partial charge >= 0.3 is 0 Å². The third-order valence-corrected chi connectivity index (χ3v) is 14.9. The number of hydrogen-bond donors (Lipinski definition) is 0. The van der Waals surface area contributed by atoms with E-state index in [4.69, 9.17) is 0 Å². The van der Waals surface area contributed by atoms with Crippen molar-refractivity contribution in [3.8, 4) is 27.9 Å². The Hall–Kier alpha value is -5.40. The minimum atomic E-state index is -0.0560. The average molecular weight is 812 g/mol. The van der Waals surface area contributed by atoms with E-state index in [0.29, 0.717) is 0 Å². The van der Waals surface area contributed by atoms with Gasteiger partial charge in [-0.05, 0) is 143 Å². The molecule has 0 N–H and O–H groups in total. The molecule has 1 heterocycles. The van der Waals surface area contributed by atoms with Gasteiger partial charge in [0.05, 0.1) is 11.0 Å². The van der Waals surface area contributed by atoms with Crippen molar-refractivity contribution < 1.29 is 0 Å². The fraction of sp³-hybridized carbons (Fsp3) is 0.344. The third kappa shape index (κ3) is 6.65. The van der Waals surface area contributed by atoms with E-state index < -0.39 is 0 Å². The van der Waals surface area contributed by atoms with Crippen molar-refractivity contribution in [1.82, 2.24) is 4.57 Å². The number of benzene rings is 8. The van der Waals surface area contributed by atoms with Crippen LogP contribution in [0.3, 0.4) is 0 Å². The Bertz CT molecular complexity index is 3020. The Morgan fingerprint density at radius 1 is 0.435 bits per heavy atom. The Morgan fingerprint density at radius 2 is 0.952 bits per heavy atom. The molecule has 0 aliphatic heterocycles. The zero-order valence-electron chi connectivity index (χ0n) is 38.6. The van der Waals surface area contributed by atoms with Crippen LogP contribution >= 0.6 is 0 Å². The van der Waals surface area contributed by atoms with Crippen molar-refractivity contribution in [2.24, 2.45) is 0 Å². The zero-order chi connectivity index (χ0) is 43.0. The molecule has 0 bridgehead atoms. The van der Waals surface area contributed by atoms with Gasteiger partial charge in [-0.1, -0.05) is 192 Å². The topological polar surface area (TPSA) is 4.93 Å². The molecule has 9 aromatic rings. The van der Waals surface area contributed by atoms with Crippen LogP contribution in [0.15, 0.2) is 127 Å². The summed E-state index contributed by atoms with van der Waals surface area (Å²) >= 11 is 0. The fourth-order valence-corrected chi connectivity index (χ4v) is 11.4. The summed E-state index contributed by atoms with van der Waals surface area (Å²) in [5.74, 6) is 0. The molecule has 0 fully saturated rings. The minimum Gasteiger partial charge on any atom is -0.309 e. The van der Waals surface area contributed by atoms with Gasteiger partial charge in [0.1, 0.15) is 0 Å². The van der Waals surface area contributed by atoms with Crippen LogP contribution in [-0.4, -0.2) is 4.57 Å². The average Bonchev–Trinajstić information content (AvgIpc) is 3.73. The maximum Gasteiger partial charge on any atom is 0.0541 e. The number of nitrogens with zero attached hydrogens (tertiary/aromatic N) is 1. The van der Waals surface area contributed by atoms with Crippen molar-refractivity contribution in [3.05, 3.63) is 150 Å². The quantitative estimate of drug-likeness (QED) is 0.0855. The lowest BCUT2D eigenvalue weighted by molar-refractivity contribution is 0.401. The van der Waals surface area contributed by atoms with Crippen LogP contribution < -0.4 is 0 Å². The first-order valence-electron chi connectivity index (χ1n) is 24.0. The zero-order valence-corrected chi connectivity index (χ0v) is 38.6. The summed E-state index contributed by atoms with van der Waals surface area (Å²) in [6.07, 6.45) is 12.5. The third-order valence-electron chi connectivity index (χ3n) is 14.9. The number of rotatable bonds is 12. The molecule has 0 atom stereocenters. The van der Waals surface area contributed by atoms with Gasteiger partial charge < -0.3 is 4.57 Å². The van der Waals surface area contributed by atoms with Gasteiger partial charge in [-0.3, -0.25) is 0 Å². The van der Waals surface area contributed by atoms with Crippen molar-refractivity contribution in [2.75, 3.05) is 0 Å². The van der Waals surface area contributed by atoms with Crippen LogP contribution in [0, 0.1) is 0 Å². The smallest absolute Gasteiger partial charge is 0.0541 e. The molecule has 1 aliphatic carbocycles. The highest BCUT2D eigenvalue weighted by Crippen LogP contribution is 2.56. The van der Waals surface area contributed by atoms with E-state index in [0.717, 1.165) is 0 Å². The molecule has 0 amide bonds. The van der Waals surface area contributed by atoms with Crippen LogP contribution in [-0.2, 0) is 16.2 Å². The standard InChI is InChI=1S/C61H65N/c1-9-11-13-15-34-61(35-16-14-12-10-2)53-36-43(47-28-22-42-21-20-40-18-17-19-41-23-30-50(47)58(42)57(40)41)24-29-48(53)49-31-27-46(39-54(49)61)62-55-32-25-44(59(3,4)5)37-51(55)52-38-45(60(6,7)8)26-33-56(52)62/h17-33,36-39H,9-16,34-35H2,1-8H3. The van der Waals surface area contributed by atoms with Gasteiger partial charge in [0.15, 0.2) is 0 Å². The monoisotopic (exact) mass is 812 g/mol. The molecular weight excluding hydrogens is 747 g/mol. The lowest BCUT2D eigenvalue weighted by Gasteiger charge is -2.33. The molecule has 1 aromatic heterocycles. The summed E-state index contributed by atoms with van der Waals surface area (Å²) in [5, 5.41) is 10.8. The van der Waals surface area contributed by atoms with E-state index in [9.17, 15) is 0 Å². The van der Waals surface area contributed by atoms with Gasteiger partial charge in [0, 0.05) is 21.9 Å². The maximum absolute atomic E-state index is 2.64. The van der Waals surface area contributed by atoms with E-state index in [-0.39, 0.29) is 16.2 Å². The number of fused-ring (bicyclic) bond motifs is 6. The summed E-state index contributed by atoms with van der Waals surface area (Å²) in [5.41, 5.74) is 15.3. The van der Waals surface area contributed by atoms with Crippen LogP contribution in [0.4, 0.5) is 0 Å². The molecular formula is C61H65N. The number of aromatic nitrogens is 1. The first-order chi connectivity index (χ1) is 29.9. The van der Waals surface area contributed by atoms with Crippen LogP contribution in [0.2, 0.25) is 0 Å². The van der Waals surface area contributed by atoms with E-state index in [1.54, 1.807) is 5.56 Å². The molecule has 0 unspecified atom stereocenters. The Balaban J connectivity index is 1.19. The normalized spacial score (nSPS) is 13.9. The molecule has 1 aliphatic rings. The molecule has 0 saturated carbocycles. The highest BCUT2D eigenvalue weighted by atomic mass is 15.0. The largest absolute Gasteiger partial charge is 0.309 e. The van der Waals surface area contributed by atoms with E-state index in [1.807, 2.05) is 0 Å². The summed E-state index contributed by atoms with van der Waals surface area (Å²) in [7, 11) is 0.